The second-order valence-corrected chi connectivity index (χ2v) is 6.40. The number of nitrogen functional groups attached to an aromatic ring is 1. The van der Waals surface area contributed by atoms with Crippen molar-refractivity contribution in [3.63, 3.8) is 0 Å². The zero-order valence-corrected chi connectivity index (χ0v) is 14.9. The first kappa shape index (κ1) is 17.4. The minimum absolute atomic E-state index is 0.0471. The molecule has 8 heteroatoms. The molecular formula is C17H21ClN6O. The summed E-state index contributed by atoms with van der Waals surface area (Å²) in [6, 6.07) is 3.54. The number of nitrogens with one attached hydrogen (secondary N) is 1. The molecule has 0 unspecified atom stereocenters. The first-order chi connectivity index (χ1) is 12.1. The Hall–Kier alpha value is -2.41. The van der Waals surface area contributed by atoms with E-state index in [1.54, 1.807) is 17.2 Å². The zero-order chi connectivity index (χ0) is 17.8. The van der Waals surface area contributed by atoms with Crippen LogP contribution >= 0.6 is 11.6 Å². The molecule has 25 heavy (non-hydrogen) atoms. The molecule has 1 aliphatic rings. The van der Waals surface area contributed by atoms with Gasteiger partial charge in [0.15, 0.2) is 0 Å². The minimum atomic E-state index is -0.0471. The maximum absolute atomic E-state index is 12.4. The van der Waals surface area contributed by atoms with Gasteiger partial charge in [-0.15, -0.1) is 0 Å². The van der Waals surface area contributed by atoms with E-state index in [9.17, 15) is 4.79 Å². The zero-order valence-electron chi connectivity index (χ0n) is 14.1. The minimum Gasteiger partial charge on any atom is -0.383 e. The number of rotatable bonds is 7. The number of aromatic nitrogens is 3. The van der Waals surface area contributed by atoms with Crippen LogP contribution in [0.1, 0.15) is 37.3 Å². The Morgan fingerprint density at radius 1 is 1.32 bits per heavy atom. The second kappa shape index (κ2) is 7.65. The third-order valence-electron chi connectivity index (χ3n) is 4.09. The number of unbranched alkanes of at least 4 members (excludes halogenated alkanes) is 2. The molecule has 3 rings (SSSR count). The molecule has 0 atom stereocenters. The predicted octanol–water partition coefficient (Wildman–Crippen LogP) is 2.80. The van der Waals surface area contributed by atoms with E-state index in [0.717, 1.165) is 31.4 Å². The number of hydrogen-bond acceptors (Lipinski definition) is 6. The van der Waals surface area contributed by atoms with Crippen LogP contribution in [-0.4, -0.2) is 27.4 Å². The molecular weight excluding hydrogens is 340 g/mol. The average Bonchev–Trinajstić information content (AvgIpc) is 2.90. The molecule has 0 saturated carbocycles. The van der Waals surface area contributed by atoms with Crippen LogP contribution in [0.3, 0.4) is 0 Å². The number of pyridine rings is 1. The van der Waals surface area contributed by atoms with Crippen molar-refractivity contribution in [2.45, 2.75) is 39.2 Å². The molecule has 0 spiro atoms. The van der Waals surface area contributed by atoms with Crippen molar-refractivity contribution in [1.82, 2.24) is 15.0 Å². The van der Waals surface area contributed by atoms with Crippen LogP contribution < -0.4 is 16.0 Å². The standard InChI is InChI=1S/C17H21ClN6O/c1-2-3-4-7-20-17-22-15(19)12-8-14(25)24(16(12)23-17)10-11-5-6-13(18)21-9-11/h5-6,9H,2-4,7-8,10H2,1H3,(H3,19,20,22,23). The molecule has 0 bridgehead atoms. The molecule has 0 aromatic carbocycles. The molecule has 0 aliphatic carbocycles. The van der Waals surface area contributed by atoms with Gasteiger partial charge < -0.3 is 11.1 Å². The van der Waals surface area contributed by atoms with Crippen molar-refractivity contribution >= 4 is 35.1 Å². The fourth-order valence-electron chi connectivity index (χ4n) is 2.75. The largest absolute Gasteiger partial charge is 0.383 e. The lowest BCUT2D eigenvalue weighted by Gasteiger charge is -2.17. The first-order valence-corrected chi connectivity index (χ1v) is 8.77. The monoisotopic (exact) mass is 360 g/mol. The maximum Gasteiger partial charge on any atom is 0.233 e. The fourth-order valence-corrected chi connectivity index (χ4v) is 2.86. The van der Waals surface area contributed by atoms with E-state index in [0.29, 0.717) is 34.8 Å². The van der Waals surface area contributed by atoms with Gasteiger partial charge in [0.05, 0.1) is 13.0 Å². The topological polar surface area (TPSA) is 97.0 Å². The lowest BCUT2D eigenvalue weighted by molar-refractivity contribution is -0.117. The second-order valence-electron chi connectivity index (χ2n) is 6.01. The van der Waals surface area contributed by atoms with Crippen LogP contribution in [0.4, 0.5) is 17.6 Å². The summed E-state index contributed by atoms with van der Waals surface area (Å²) in [5.41, 5.74) is 7.60. The van der Waals surface area contributed by atoms with Gasteiger partial charge in [0.2, 0.25) is 11.9 Å². The van der Waals surface area contributed by atoms with E-state index in [4.69, 9.17) is 17.3 Å². The Kier molecular flexibility index (Phi) is 5.33. The van der Waals surface area contributed by atoms with E-state index in [2.05, 4.69) is 27.2 Å². The fraction of sp³-hybridized carbons (Fsp3) is 0.412. The Morgan fingerprint density at radius 2 is 2.16 bits per heavy atom. The summed E-state index contributed by atoms with van der Waals surface area (Å²) in [6.45, 7) is 3.31. The van der Waals surface area contributed by atoms with Crippen molar-refractivity contribution in [2.75, 3.05) is 22.5 Å². The van der Waals surface area contributed by atoms with Gasteiger partial charge in [-0.1, -0.05) is 37.4 Å². The number of carbonyl (C=O) groups excluding carboxylic acids is 1. The number of hydrogen-bond donors (Lipinski definition) is 2. The summed E-state index contributed by atoms with van der Waals surface area (Å²) in [4.78, 5) is 26.9. The van der Waals surface area contributed by atoms with Crippen LogP contribution in [0.2, 0.25) is 5.15 Å². The highest BCUT2D eigenvalue weighted by atomic mass is 35.5. The molecule has 3 N–H and O–H groups in total. The molecule has 0 saturated heterocycles. The van der Waals surface area contributed by atoms with Crippen molar-refractivity contribution in [3.05, 3.63) is 34.6 Å². The Morgan fingerprint density at radius 3 is 2.88 bits per heavy atom. The Labute approximate surface area is 151 Å². The molecule has 132 valence electrons. The summed E-state index contributed by atoms with van der Waals surface area (Å²) in [7, 11) is 0. The lowest BCUT2D eigenvalue weighted by Crippen LogP contribution is -2.27. The van der Waals surface area contributed by atoms with E-state index in [1.165, 1.54) is 0 Å². The smallest absolute Gasteiger partial charge is 0.233 e. The van der Waals surface area contributed by atoms with Crippen LogP contribution in [0.15, 0.2) is 18.3 Å². The highest BCUT2D eigenvalue weighted by Crippen LogP contribution is 2.32. The number of carbonyl (C=O) groups is 1. The molecule has 0 fully saturated rings. The summed E-state index contributed by atoms with van der Waals surface area (Å²) in [5.74, 6) is 1.34. The van der Waals surface area contributed by atoms with Gasteiger partial charge >= 0.3 is 0 Å². The third kappa shape index (κ3) is 3.99. The number of amides is 1. The van der Waals surface area contributed by atoms with E-state index < -0.39 is 0 Å². The van der Waals surface area contributed by atoms with Gasteiger partial charge in [-0.25, -0.2) is 4.98 Å². The van der Waals surface area contributed by atoms with Gasteiger partial charge in [-0.2, -0.15) is 9.97 Å². The Bertz CT molecular complexity index is 764. The van der Waals surface area contributed by atoms with Crippen molar-refractivity contribution in [2.24, 2.45) is 0 Å². The van der Waals surface area contributed by atoms with Gasteiger partial charge in [0, 0.05) is 18.3 Å². The summed E-state index contributed by atoms with van der Waals surface area (Å²) >= 11 is 5.81. The lowest BCUT2D eigenvalue weighted by atomic mass is 10.2. The number of nitrogens with zero attached hydrogens (tertiary/aromatic N) is 4. The Balaban J connectivity index is 1.80. The summed E-state index contributed by atoms with van der Waals surface area (Å²) < 4.78 is 0. The predicted molar refractivity (Wildman–Crippen MR) is 98.6 cm³/mol. The summed E-state index contributed by atoms with van der Waals surface area (Å²) in [5, 5.41) is 3.61. The normalized spacial score (nSPS) is 13.2. The van der Waals surface area contributed by atoms with Crippen LogP contribution in [0, 0.1) is 0 Å². The quantitative estimate of drug-likeness (QED) is 0.582. The molecule has 2 aromatic rings. The molecule has 1 amide bonds. The van der Waals surface area contributed by atoms with E-state index in [1.807, 2.05) is 6.07 Å². The maximum atomic E-state index is 12.4. The summed E-state index contributed by atoms with van der Waals surface area (Å²) in [6.07, 6.45) is 5.20. The van der Waals surface area contributed by atoms with Gasteiger partial charge in [-0.05, 0) is 18.1 Å². The average molecular weight is 361 g/mol. The highest BCUT2D eigenvalue weighted by molar-refractivity contribution is 6.29. The number of anilines is 3. The SMILES string of the molecule is CCCCCNc1nc(N)c2c(n1)N(Cc1ccc(Cl)nc1)C(=O)C2. The van der Waals surface area contributed by atoms with Crippen molar-refractivity contribution in [3.8, 4) is 0 Å². The van der Waals surface area contributed by atoms with Crippen LogP contribution in [0.25, 0.3) is 0 Å². The van der Waals surface area contributed by atoms with Crippen LogP contribution in [-0.2, 0) is 17.8 Å². The molecule has 2 aromatic heterocycles. The molecule has 7 nitrogen and oxygen atoms in total. The third-order valence-corrected chi connectivity index (χ3v) is 4.32. The highest BCUT2D eigenvalue weighted by Gasteiger charge is 2.32. The number of fused-ring (bicyclic) bond motifs is 1. The van der Waals surface area contributed by atoms with Gasteiger partial charge in [0.25, 0.3) is 0 Å². The first-order valence-electron chi connectivity index (χ1n) is 8.39. The molecule has 3 heterocycles. The van der Waals surface area contributed by atoms with Crippen LogP contribution in [0.5, 0.6) is 0 Å². The van der Waals surface area contributed by atoms with E-state index in [-0.39, 0.29) is 12.3 Å². The van der Waals surface area contributed by atoms with Gasteiger partial charge in [-0.3, -0.25) is 9.69 Å². The molecule has 1 aliphatic heterocycles. The van der Waals surface area contributed by atoms with Gasteiger partial charge in [0.1, 0.15) is 16.8 Å². The van der Waals surface area contributed by atoms with E-state index >= 15 is 0 Å². The molecule has 0 radical (unpaired) electrons. The van der Waals surface area contributed by atoms with Crippen molar-refractivity contribution < 1.29 is 4.79 Å². The number of halogens is 1. The number of nitrogens with two attached hydrogens (primary N) is 1. The van der Waals surface area contributed by atoms with Crippen molar-refractivity contribution in [1.29, 1.82) is 0 Å².